The van der Waals surface area contributed by atoms with E-state index in [2.05, 4.69) is 0 Å². The highest BCUT2D eigenvalue weighted by Gasteiger charge is 2.46. The number of nitrogens with zero attached hydrogens (tertiary/aromatic N) is 1. The molecule has 0 aromatic carbocycles. The minimum absolute atomic E-state index is 0.111. The van der Waals surface area contributed by atoms with Crippen LogP contribution in [-0.2, 0) is 14.0 Å². The molecule has 0 spiro atoms. The van der Waals surface area contributed by atoms with Gasteiger partial charge >= 0.3 is 9.24 Å². The number of halogens is 1. The van der Waals surface area contributed by atoms with Gasteiger partial charge in [-0.25, -0.2) is 4.31 Å². The van der Waals surface area contributed by atoms with Crippen LogP contribution in [0.3, 0.4) is 0 Å². The second kappa shape index (κ2) is 3.24. The summed E-state index contributed by atoms with van der Waals surface area (Å²) in [6, 6.07) is 1.12. The average molecular weight is 250 g/mol. The van der Waals surface area contributed by atoms with Gasteiger partial charge < -0.3 is 4.42 Å². The SMILES string of the molecule is Cc1ccoc1C1CC(=O)N1S(=O)(=O)Cl. The molecule has 5 nitrogen and oxygen atoms in total. The molecule has 82 valence electrons. The van der Waals surface area contributed by atoms with Crippen molar-refractivity contribution in [3.05, 3.63) is 23.7 Å². The summed E-state index contributed by atoms with van der Waals surface area (Å²) in [5, 5.41) is 0. The molecular formula is C8H8ClNO4S. The van der Waals surface area contributed by atoms with Crippen molar-refractivity contribution in [1.82, 2.24) is 4.31 Å². The smallest absolute Gasteiger partial charge is 0.324 e. The van der Waals surface area contributed by atoms with E-state index in [1.807, 2.05) is 0 Å². The highest BCUT2D eigenvalue weighted by Crippen LogP contribution is 2.39. The van der Waals surface area contributed by atoms with Gasteiger partial charge in [-0.1, -0.05) is 0 Å². The van der Waals surface area contributed by atoms with Gasteiger partial charge in [-0.15, -0.1) is 0 Å². The lowest BCUT2D eigenvalue weighted by atomic mass is 10.0. The summed E-state index contributed by atoms with van der Waals surface area (Å²) >= 11 is 0. The number of carbonyl (C=O) groups is 1. The maximum absolute atomic E-state index is 11.1. The zero-order valence-electron chi connectivity index (χ0n) is 7.81. The molecule has 1 atom stereocenters. The molecule has 2 rings (SSSR count). The quantitative estimate of drug-likeness (QED) is 0.586. The van der Waals surface area contributed by atoms with E-state index in [9.17, 15) is 13.2 Å². The second-order valence-corrected chi connectivity index (χ2v) is 5.71. The minimum Gasteiger partial charge on any atom is -0.467 e. The summed E-state index contributed by atoms with van der Waals surface area (Å²) in [5.41, 5.74) is 0.804. The molecule has 0 bridgehead atoms. The van der Waals surface area contributed by atoms with Gasteiger partial charge in [0, 0.05) is 10.7 Å². The maximum Gasteiger partial charge on any atom is 0.324 e. The summed E-state index contributed by atoms with van der Waals surface area (Å²) in [5.74, 6) is -0.0374. The molecule has 2 heterocycles. The molecule has 1 aliphatic rings. The number of rotatable bonds is 2. The van der Waals surface area contributed by atoms with Gasteiger partial charge in [0.1, 0.15) is 11.8 Å². The number of furan rings is 1. The van der Waals surface area contributed by atoms with Crippen LogP contribution < -0.4 is 0 Å². The fraction of sp³-hybridized carbons (Fsp3) is 0.375. The third-order valence-corrected chi connectivity index (χ3v) is 3.71. The van der Waals surface area contributed by atoms with Gasteiger partial charge in [-0.2, -0.15) is 8.42 Å². The topological polar surface area (TPSA) is 67.6 Å². The molecule has 1 fully saturated rings. The molecule has 15 heavy (non-hydrogen) atoms. The lowest BCUT2D eigenvalue weighted by Gasteiger charge is -2.35. The first-order valence-corrected chi connectivity index (χ1v) is 6.48. The predicted molar refractivity (Wildman–Crippen MR) is 52.4 cm³/mol. The first kappa shape index (κ1) is 10.5. The summed E-state index contributed by atoms with van der Waals surface area (Å²) in [6.45, 7) is 1.78. The van der Waals surface area contributed by atoms with Gasteiger partial charge in [-0.3, -0.25) is 4.79 Å². The Labute approximate surface area is 91.2 Å². The normalized spacial score (nSPS) is 21.6. The zero-order valence-corrected chi connectivity index (χ0v) is 9.38. The maximum atomic E-state index is 11.1. The van der Waals surface area contributed by atoms with E-state index in [1.165, 1.54) is 6.26 Å². The van der Waals surface area contributed by atoms with E-state index in [4.69, 9.17) is 15.1 Å². The Morgan fingerprint density at radius 2 is 2.27 bits per heavy atom. The number of β-lactam (4-membered cyclic amide) rings is 1. The van der Waals surface area contributed by atoms with Crippen molar-refractivity contribution in [3.63, 3.8) is 0 Å². The third-order valence-electron chi connectivity index (χ3n) is 2.34. The van der Waals surface area contributed by atoms with Crippen molar-refractivity contribution in [2.45, 2.75) is 19.4 Å². The summed E-state index contributed by atoms with van der Waals surface area (Å²) in [4.78, 5) is 11.1. The van der Waals surface area contributed by atoms with Crippen LogP contribution in [0.4, 0.5) is 0 Å². The van der Waals surface area contributed by atoms with Crippen LogP contribution >= 0.6 is 10.7 Å². The molecule has 0 saturated carbocycles. The minimum atomic E-state index is -4.01. The van der Waals surface area contributed by atoms with Crippen molar-refractivity contribution in [3.8, 4) is 0 Å². The summed E-state index contributed by atoms with van der Waals surface area (Å²) < 4.78 is 27.9. The fourth-order valence-electron chi connectivity index (χ4n) is 1.60. The number of hydrogen-bond acceptors (Lipinski definition) is 4. The van der Waals surface area contributed by atoms with Crippen molar-refractivity contribution in [2.75, 3.05) is 0 Å². The fourth-order valence-corrected chi connectivity index (χ4v) is 2.91. The van der Waals surface area contributed by atoms with E-state index >= 15 is 0 Å². The Hall–Kier alpha value is -1.01. The molecule has 1 saturated heterocycles. The number of amides is 1. The van der Waals surface area contributed by atoms with E-state index < -0.39 is 21.2 Å². The second-order valence-electron chi connectivity index (χ2n) is 3.32. The first-order valence-electron chi connectivity index (χ1n) is 4.22. The zero-order chi connectivity index (χ0) is 11.2. The van der Waals surface area contributed by atoms with Crippen molar-refractivity contribution in [1.29, 1.82) is 0 Å². The van der Waals surface area contributed by atoms with Crippen LogP contribution in [0.15, 0.2) is 16.7 Å². The molecule has 0 radical (unpaired) electrons. The molecule has 7 heteroatoms. The Bertz CT molecular complexity index is 506. The molecule has 1 aromatic rings. The van der Waals surface area contributed by atoms with Crippen LogP contribution in [0, 0.1) is 6.92 Å². The van der Waals surface area contributed by atoms with Crippen LogP contribution in [-0.4, -0.2) is 18.6 Å². The number of carbonyl (C=O) groups excluding carboxylic acids is 1. The molecule has 1 aromatic heterocycles. The van der Waals surface area contributed by atoms with E-state index in [-0.39, 0.29) is 6.42 Å². The van der Waals surface area contributed by atoms with Crippen LogP contribution in [0.2, 0.25) is 0 Å². The van der Waals surface area contributed by atoms with E-state index in [0.717, 1.165) is 5.56 Å². The lowest BCUT2D eigenvalue weighted by Crippen LogP contribution is -2.48. The molecular weight excluding hydrogens is 242 g/mol. The van der Waals surface area contributed by atoms with Gasteiger partial charge in [0.2, 0.25) is 5.91 Å². The third kappa shape index (κ3) is 1.63. The van der Waals surface area contributed by atoms with Crippen LogP contribution in [0.25, 0.3) is 0 Å². The molecule has 1 aliphatic heterocycles. The Morgan fingerprint density at radius 3 is 2.67 bits per heavy atom. The number of aryl methyl sites for hydroxylation is 1. The van der Waals surface area contributed by atoms with Gasteiger partial charge in [0.25, 0.3) is 0 Å². The van der Waals surface area contributed by atoms with E-state index in [0.29, 0.717) is 10.1 Å². The molecule has 1 amide bonds. The Kier molecular flexibility index (Phi) is 2.27. The first-order chi connectivity index (χ1) is 6.91. The molecule has 0 N–H and O–H groups in total. The Balaban J connectivity index is 2.35. The lowest BCUT2D eigenvalue weighted by molar-refractivity contribution is -0.138. The standard InChI is InChI=1S/C8H8ClNO4S/c1-5-2-3-14-8(5)6-4-7(11)10(6)15(9,12)13/h2-3,6H,4H2,1H3. The molecule has 1 unspecified atom stereocenters. The number of hydrogen-bond donors (Lipinski definition) is 0. The highest BCUT2D eigenvalue weighted by molar-refractivity contribution is 8.12. The summed E-state index contributed by atoms with van der Waals surface area (Å²) in [7, 11) is 1.12. The molecule has 0 aliphatic carbocycles. The largest absolute Gasteiger partial charge is 0.467 e. The van der Waals surface area contributed by atoms with Crippen molar-refractivity contribution in [2.24, 2.45) is 0 Å². The van der Waals surface area contributed by atoms with Crippen LogP contribution in [0.1, 0.15) is 23.8 Å². The van der Waals surface area contributed by atoms with Gasteiger partial charge in [0.05, 0.1) is 12.7 Å². The van der Waals surface area contributed by atoms with Crippen molar-refractivity contribution < 1.29 is 17.6 Å². The van der Waals surface area contributed by atoms with Gasteiger partial charge in [-0.05, 0) is 18.6 Å². The summed E-state index contributed by atoms with van der Waals surface area (Å²) in [6.07, 6.45) is 1.56. The highest BCUT2D eigenvalue weighted by atomic mass is 35.7. The average Bonchev–Trinajstić information content (AvgIpc) is 2.43. The predicted octanol–water partition coefficient (Wildman–Crippen LogP) is 1.35. The van der Waals surface area contributed by atoms with Gasteiger partial charge in [0.15, 0.2) is 0 Å². The van der Waals surface area contributed by atoms with E-state index in [1.54, 1.807) is 13.0 Å². The van der Waals surface area contributed by atoms with Crippen LogP contribution in [0.5, 0.6) is 0 Å². The monoisotopic (exact) mass is 249 g/mol. The van der Waals surface area contributed by atoms with Crippen molar-refractivity contribution >= 4 is 25.8 Å². The Morgan fingerprint density at radius 1 is 1.60 bits per heavy atom.